The van der Waals surface area contributed by atoms with Crippen LogP contribution in [0.2, 0.25) is 0 Å². The maximum absolute atomic E-state index is 12.2. The molecule has 0 N–H and O–H groups in total. The van der Waals surface area contributed by atoms with Gasteiger partial charge in [-0.1, -0.05) is 13.8 Å². The van der Waals surface area contributed by atoms with Crippen LogP contribution in [0.25, 0.3) is 0 Å². The Kier molecular flexibility index (Phi) is 6.65. The largest absolute Gasteiger partial charge is 0.368 e. The lowest BCUT2D eigenvalue weighted by atomic mass is 10.2. The number of anilines is 1. The van der Waals surface area contributed by atoms with Crippen molar-refractivity contribution in [2.75, 3.05) is 44.3 Å². The lowest BCUT2D eigenvalue weighted by molar-refractivity contribution is 0.235. The highest BCUT2D eigenvalue weighted by molar-refractivity contribution is 5.46. The molecule has 0 spiro atoms. The number of alkyl halides is 1. The number of halogens is 1. The van der Waals surface area contributed by atoms with E-state index in [0.717, 1.165) is 26.2 Å². The first kappa shape index (κ1) is 14.9. The van der Waals surface area contributed by atoms with Crippen LogP contribution in [0.3, 0.4) is 0 Å². The Morgan fingerprint density at radius 1 is 1.17 bits per heavy atom. The molecule has 1 fully saturated rings. The van der Waals surface area contributed by atoms with Crippen LogP contribution in [0, 0.1) is 6.92 Å². The molecule has 4 heteroatoms. The zero-order valence-electron chi connectivity index (χ0n) is 11.7. The molecule has 0 saturated carbocycles. The zero-order valence-corrected chi connectivity index (χ0v) is 11.7. The van der Waals surface area contributed by atoms with Crippen molar-refractivity contribution in [2.24, 2.45) is 0 Å². The van der Waals surface area contributed by atoms with Gasteiger partial charge in [-0.15, -0.1) is 0 Å². The predicted octanol–water partition coefficient (Wildman–Crippen LogP) is 2.51. The Morgan fingerprint density at radius 2 is 1.83 bits per heavy atom. The second-order valence-electron chi connectivity index (χ2n) is 4.24. The number of piperazine rings is 1. The molecule has 0 unspecified atom stereocenters. The fraction of sp³-hybridized carbons (Fsp3) is 0.643. The number of nitrogens with zero attached hydrogens (tertiary/aromatic N) is 3. The first-order valence-corrected chi connectivity index (χ1v) is 6.74. The van der Waals surface area contributed by atoms with E-state index in [1.165, 1.54) is 11.3 Å². The molecule has 3 nitrogen and oxygen atoms in total. The fourth-order valence-electron chi connectivity index (χ4n) is 2.06. The second kappa shape index (κ2) is 8.03. The quantitative estimate of drug-likeness (QED) is 0.825. The summed E-state index contributed by atoms with van der Waals surface area (Å²) in [6, 6.07) is 2.15. The molecule has 1 aliphatic rings. The molecule has 1 aromatic rings. The van der Waals surface area contributed by atoms with E-state index < -0.39 is 0 Å². The van der Waals surface area contributed by atoms with Crippen LogP contribution in [0.5, 0.6) is 0 Å². The maximum Gasteiger partial charge on any atom is 0.102 e. The minimum atomic E-state index is -0.244. The average Bonchev–Trinajstić information content (AvgIpc) is 2.42. The Labute approximate surface area is 110 Å². The molecule has 0 bridgehead atoms. The van der Waals surface area contributed by atoms with Crippen molar-refractivity contribution >= 4 is 5.69 Å². The van der Waals surface area contributed by atoms with Crippen LogP contribution in [0.15, 0.2) is 18.5 Å². The summed E-state index contributed by atoms with van der Waals surface area (Å²) in [7, 11) is 0. The predicted molar refractivity (Wildman–Crippen MR) is 75.0 cm³/mol. The number of hydrogen-bond acceptors (Lipinski definition) is 3. The molecule has 0 amide bonds. The van der Waals surface area contributed by atoms with E-state index in [2.05, 4.69) is 27.8 Å². The van der Waals surface area contributed by atoms with Gasteiger partial charge in [0.25, 0.3) is 0 Å². The summed E-state index contributed by atoms with van der Waals surface area (Å²) in [5.41, 5.74) is 2.36. The van der Waals surface area contributed by atoms with Gasteiger partial charge in [0, 0.05) is 38.9 Å². The lowest BCUT2D eigenvalue weighted by Crippen LogP contribution is -2.47. The highest BCUT2D eigenvalue weighted by Gasteiger charge is 2.16. The van der Waals surface area contributed by atoms with Gasteiger partial charge in [-0.05, 0) is 18.6 Å². The highest BCUT2D eigenvalue weighted by atomic mass is 19.1. The Bertz CT molecular complexity index is 336. The van der Waals surface area contributed by atoms with Crippen molar-refractivity contribution in [3.63, 3.8) is 0 Å². The van der Waals surface area contributed by atoms with E-state index >= 15 is 0 Å². The van der Waals surface area contributed by atoms with Gasteiger partial charge in [0.05, 0.1) is 11.9 Å². The van der Waals surface area contributed by atoms with Crippen molar-refractivity contribution in [3.05, 3.63) is 24.0 Å². The van der Waals surface area contributed by atoms with E-state index in [1.807, 2.05) is 26.2 Å². The minimum absolute atomic E-state index is 0.244. The number of aryl methyl sites for hydroxylation is 1. The summed E-state index contributed by atoms with van der Waals surface area (Å²) < 4.78 is 12.2. The standard InChI is InChI=1S/C12H18FN3.C2H6/c1-11-8-12(10-14-9-11)16-6-4-15(3-2-13)5-7-16;1-2/h8-10H,2-7H2,1H3;1-2H3. The van der Waals surface area contributed by atoms with Crippen molar-refractivity contribution in [2.45, 2.75) is 20.8 Å². The van der Waals surface area contributed by atoms with Crippen molar-refractivity contribution in [1.29, 1.82) is 0 Å². The summed E-state index contributed by atoms with van der Waals surface area (Å²) in [6.45, 7) is 10.2. The number of rotatable bonds is 3. The Morgan fingerprint density at radius 3 is 2.39 bits per heavy atom. The molecule has 1 aromatic heterocycles. The fourth-order valence-corrected chi connectivity index (χ4v) is 2.06. The number of aromatic nitrogens is 1. The Hall–Kier alpha value is -1.16. The summed E-state index contributed by atoms with van der Waals surface area (Å²) in [5, 5.41) is 0. The van der Waals surface area contributed by atoms with Gasteiger partial charge in [0.1, 0.15) is 6.67 Å². The van der Waals surface area contributed by atoms with E-state index in [0.29, 0.717) is 6.54 Å². The van der Waals surface area contributed by atoms with Gasteiger partial charge >= 0.3 is 0 Å². The Balaban J connectivity index is 0.000000771. The molecular formula is C14H24FN3. The van der Waals surface area contributed by atoms with E-state index in [-0.39, 0.29) is 6.67 Å². The summed E-state index contributed by atoms with van der Waals surface area (Å²) in [6.07, 6.45) is 3.76. The normalized spacial score (nSPS) is 16.1. The van der Waals surface area contributed by atoms with Gasteiger partial charge in [0.15, 0.2) is 0 Å². The molecule has 0 aromatic carbocycles. The van der Waals surface area contributed by atoms with Crippen LogP contribution in [0.4, 0.5) is 10.1 Å². The van der Waals surface area contributed by atoms with Crippen molar-refractivity contribution < 1.29 is 4.39 Å². The minimum Gasteiger partial charge on any atom is -0.368 e. The summed E-state index contributed by atoms with van der Waals surface area (Å²) >= 11 is 0. The second-order valence-corrected chi connectivity index (χ2v) is 4.24. The topological polar surface area (TPSA) is 19.4 Å². The van der Waals surface area contributed by atoms with Crippen LogP contribution in [-0.2, 0) is 0 Å². The first-order chi connectivity index (χ1) is 8.79. The van der Waals surface area contributed by atoms with Crippen LogP contribution < -0.4 is 4.90 Å². The first-order valence-electron chi connectivity index (χ1n) is 6.74. The molecule has 0 aliphatic carbocycles. The van der Waals surface area contributed by atoms with Crippen LogP contribution >= 0.6 is 0 Å². The van der Waals surface area contributed by atoms with E-state index in [4.69, 9.17) is 0 Å². The van der Waals surface area contributed by atoms with Crippen molar-refractivity contribution in [3.8, 4) is 0 Å². The van der Waals surface area contributed by atoms with Crippen LogP contribution in [-0.4, -0.2) is 49.3 Å². The molecule has 2 heterocycles. The lowest BCUT2D eigenvalue weighted by Gasteiger charge is -2.35. The van der Waals surface area contributed by atoms with Crippen molar-refractivity contribution in [1.82, 2.24) is 9.88 Å². The monoisotopic (exact) mass is 253 g/mol. The zero-order chi connectivity index (χ0) is 13.4. The molecule has 2 rings (SSSR count). The van der Waals surface area contributed by atoms with Gasteiger partial charge < -0.3 is 4.90 Å². The van der Waals surface area contributed by atoms with Gasteiger partial charge in [-0.2, -0.15) is 0 Å². The van der Waals surface area contributed by atoms with E-state index in [9.17, 15) is 4.39 Å². The molecule has 1 saturated heterocycles. The molecule has 18 heavy (non-hydrogen) atoms. The number of hydrogen-bond donors (Lipinski definition) is 0. The van der Waals surface area contributed by atoms with Gasteiger partial charge in [0.2, 0.25) is 0 Å². The molecule has 0 atom stereocenters. The molecular weight excluding hydrogens is 229 g/mol. The number of pyridine rings is 1. The third kappa shape index (κ3) is 4.26. The highest BCUT2D eigenvalue weighted by Crippen LogP contribution is 2.16. The molecule has 0 radical (unpaired) electrons. The molecule has 1 aliphatic heterocycles. The average molecular weight is 253 g/mol. The molecule has 102 valence electrons. The SMILES string of the molecule is CC.Cc1cncc(N2CCN(CCF)CC2)c1. The van der Waals surface area contributed by atoms with Crippen LogP contribution in [0.1, 0.15) is 19.4 Å². The maximum atomic E-state index is 12.2. The van der Waals surface area contributed by atoms with Gasteiger partial charge in [-0.3, -0.25) is 9.88 Å². The summed E-state index contributed by atoms with van der Waals surface area (Å²) in [4.78, 5) is 8.68. The van der Waals surface area contributed by atoms with Gasteiger partial charge in [-0.25, -0.2) is 4.39 Å². The van der Waals surface area contributed by atoms with E-state index in [1.54, 1.807) is 0 Å². The smallest absolute Gasteiger partial charge is 0.102 e. The summed E-state index contributed by atoms with van der Waals surface area (Å²) in [5.74, 6) is 0. The third-order valence-corrected chi connectivity index (χ3v) is 3.00. The third-order valence-electron chi connectivity index (χ3n) is 3.00.